The topological polar surface area (TPSA) is 114 Å². The number of ether oxygens (including phenoxy) is 2. The number of hydrogen-bond donors (Lipinski definition) is 2. The van der Waals surface area contributed by atoms with Crippen LogP contribution >= 0.6 is 11.6 Å². The molecule has 4 aromatic carbocycles. The molecule has 43 heavy (non-hydrogen) atoms. The first-order valence-electron chi connectivity index (χ1n) is 13.3. The summed E-state index contributed by atoms with van der Waals surface area (Å²) in [7, 11) is 0. The smallest absolute Gasteiger partial charge is 0.338 e. The average molecular weight is 596 g/mol. The third-order valence-electron chi connectivity index (χ3n) is 6.44. The summed E-state index contributed by atoms with van der Waals surface area (Å²) in [6.07, 6.45) is 0. The van der Waals surface area contributed by atoms with E-state index in [0.29, 0.717) is 29.3 Å². The Morgan fingerprint density at radius 3 is 2.05 bits per heavy atom. The number of rotatable bonds is 10. The van der Waals surface area contributed by atoms with E-state index < -0.39 is 17.8 Å². The number of anilines is 3. The molecule has 4 aromatic rings. The zero-order chi connectivity index (χ0) is 30.3. The van der Waals surface area contributed by atoms with Crippen LogP contribution in [-0.4, -0.2) is 30.3 Å². The van der Waals surface area contributed by atoms with Crippen LogP contribution in [0.25, 0.3) is 0 Å². The Bertz CT molecular complexity index is 1690. The number of nitrogens with one attached hydrogen (secondary N) is 2. The van der Waals surface area contributed by atoms with Crippen molar-refractivity contribution in [2.45, 2.75) is 13.5 Å². The summed E-state index contributed by atoms with van der Waals surface area (Å²) < 4.78 is 10.7. The van der Waals surface area contributed by atoms with Crippen molar-refractivity contribution in [1.82, 2.24) is 0 Å². The number of benzene rings is 4. The quantitative estimate of drug-likeness (QED) is 0.167. The number of hydrogen-bond acceptors (Lipinski definition) is 7. The van der Waals surface area contributed by atoms with Gasteiger partial charge in [0, 0.05) is 16.9 Å². The number of carbonyl (C=O) groups excluding carboxylic acids is 4. The first kappa shape index (κ1) is 29.1. The predicted molar refractivity (Wildman–Crippen MR) is 163 cm³/mol. The van der Waals surface area contributed by atoms with E-state index >= 15 is 0 Å². The van der Waals surface area contributed by atoms with E-state index in [1.165, 1.54) is 24.3 Å². The zero-order valence-corrected chi connectivity index (χ0v) is 23.8. The summed E-state index contributed by atoms with van der Waals surface area (Å²) >= 11 is 6.23. The van der Waals surface area contributed by atoms with E-state index in [1.807, 2.05) is 30.3 Å². The van der Waals surface area contributed by atoms with Crippen molar-refractivity contribution >= 4 is 52.4 Å². The highest BCUT2D eigenvalue weighted by atomic mass is 35.5. The monoisotopic (exact) mass is 595 g/mol. The molecule has 1 heterocycles. The third-order valence-corrected chi connectivity index (χ3v) is 6.79. The average Bonchev–Trinajstić information content (AvgIpc) is 3.24. The Morgan fingerprint density at radius 2 is 1.40 bits per heavy atom. The van der Waals surface area contributed by atoms with Gasteiger partial charge in [-0.05, 0) is 85.3 Å². The Hall–Kier alpha value is -5.41. The number of esters is 1. The fourth-order valence-corrected chi connectivity index (χ4v) is 4.45. The maximum absolute atomic E-state index is 13.1. The number of carbonyl (C=O) groups is 4. The number of nitrogens with zero attached hydrogens (tertiary/aromatic N) is 1. The van der Waals surface area contributed by atoms with Gasteiger partial charge >= 0.3 is 5.97 Å². The minimum absolute atomic E-state index is 0.104. The molecule has 0 aromatic heterocycles. The second kappa shape index (κ2) is 13.1. The molecule has 1 aliphatic heterocycles. The molecule has 0 unspecified atom stereocenters. The molecule has 3 amide bonds. The molecule has 0 saturated heterocycles. The lowest BCUT2D eigenvalue weighted by atomic mass is 10.2. The maximum atomic E-state index is 13.1. The number of halogens is 1. The fraction of sp³-hybridized carbons (Fsp3) is 0.0909. The summed E-state index contributed by atoms with van der Waals surface area (Å²) in [5, 5.41) is 5.43. The standard InChI is InChI=1S/C33H26ClN3O6/c1-2-42-33(41)23-10-16-26(17-11-23)37-31(39)28(34)29(32(37)40)35-24-12-8-22(9-13-24)30(38)36-25-14-18-27(19-15-25)43-20-21-6-4-3-5-7-21/h3-19,35H,2,20H2,1H3,(H,36,38). The van der Waals surface area contributed by atoms with E-state index in [4.69, 9.17) is 21.1 Å². The molecule has 0 saturated carbocycles. The minimum Gasteiger partial charge on any atom is -0.489 e. The highest BCUT2D eigenvalue weighted by Gasteiger charge is 2.39. The van der Waals surface area contributed by atoms with E-state index in [1.54, 1.807) is 55.5 Å². The maximum Gasteiger partial charge on any atom is 0.338 e. The van der Waals surface area contributed by atoms with Crippen LogP contribution in [0.1, 0.15) is 33.2 Å². The van der Waals surface area contributed by atoms with Gasteiger partial charge < -0.3 is 20.1 Å². The number of amides is 3. The Morgan fingerprint density at radius 1 is 0.767 bits per heavy atom. The van der Waals surface area contributed by atoms with Gasteiger partial charge in [-0.1, -0.05) is 41.9 Å². The van der Waals surface area contributed by atoms with Crippen LogP contribution in [0.2, 0.25) is 0 Å². The summed E-state index contributed by atoms with van der Waals surface area (Å²) in [5.41, 5.74) is 2.92. The van der Waals surface area contributed by atoms with Crippen molar-refractivity contribution in [2.24, 2.45) is 0 Å². The number of imide groups is 1. The molecular weight excluding hydrogens is 570 g/mol. The van der Waals surface area contributed by atoms with Gasteiger partial charge in [0.1, 0.15) is 23.1 Å². The van der Waals surface area contributed by atoms with E-state index in [0.717, 1.165) is 10.5 Å². The Labute approximate surface area is 252 Å². The van der Waals surface area contributed by atoms with Gasteiger partial charge in [0.05, 0.1) is 17.9 Å². The van der Waals surface area contributed by atoms with Crippen LogP contribution in [0.3, 0.4) is 0 Å². The third kappa shape index (κ3) is 6.74. The van der Waals surface area contributed by atoms with Gasteiger partial charge in [0.2, 0.25) is 0 Å². The summed E-state index contributed by atoms with van der Waals surface area (Å²) in [6.45, 7) is 2.36. The molecule has 216 valence electrons. The second-order valence-electron chi connectivity index (χ2n) is 9.36. The van der Waals surface area contributed by atoms with Gasteiger partial charge in [-0.25, -0.2) is 9.69 Å². The largest absolute Gasteiger partial charge is 0.489 e. The molecule has 0 fully saturated rings. The molecule has 0 bridgehead atoms. The lowest BCUT2D eigenvalue weighted by Crippen LogP contribution is -2.32. The molecule has 0 aliphatic carbocycles. The van der Waals surface area contributed by atoms with Gasteiger partial charge in [-0.3, -0.25) is 14.4 Å². The van der Waals surface area contributed by atoms with Crippen LogP contribution in [0.5, 0.6) is 5.75 Å². The first-order chi connectivity index (χ1) is 20.8. The van der Waals surface area contributed by atoms with E-state index in [2.05, 4.69) is 10.6 Å². The lowest BCUT2D eigenvalue weighted by molar-refractivity contribution is -0.120. The molecule has 0 atom stereocenters. The van der Waals surface area contributed by atoms with Crippen molar-refractivity contribution in [3.8, 4) is 5.75 Å². The highest BCUT2D eigenvalue weighted by molar-refractivity contribution is 6.53. The molecule has 1 aliphatic rings. The Kier molecular flexibility index (Phi) is 8.83. The lowest BCUT2D eigenvalue weighted by Gasteiger charge is -2.15. The molecule has 0 spiro atoms. The van der Waals surface area contributed by atoms with Gasteiger partial charge in [0.25, 0.3) is 17.7 Å². The minimum atomic E-state index is -0.703. The van der Waals surface area contributed by atoms with Gasteiger partial charge in [-0.15, -0.1) is 0 Å². The van der Waals surface area contributed by atoms with Crippen molar-refractivity contribution in [1.29, 1.82) is 0 Å². The zero-order valence-electron chi connectivity index (χ0n) is 23.0. The predicted octanol–water partition coefficient (Wildman–Crippen LogP) is 6.13. The highest BCUT2D eigenvalue weighted by Crippen LogP contribution is 2.30. The Balaban J connectivity index is 1.18. The van der Waals surface area contributed by atoms with E-state index in [-0.39, 0.29) is 34.5 Å². The molecule has 9 nitrogen and oxygen atoms in total. The SMILES string of the molecule is CCOC(=O)c1ccc(N2C(=O)C(Cl)=C(Nc3ccc(C(=O)Nc4ccc(OCc5ccccc5)cc4)cc3)C2=O)cc1. The van der Waals surface area contributed by atoms with Crippen LogP contribution in [0.15, 0.2) is 114 Å². The van der Waals surface area contributed by atoms with E-state index in [9.17, 15) is 19.2 Å². The van der Waals surface area contributed by atoms with Gasteiger partial charge in [-0.2, -0.15) is 0 Å². The molecular formula is C33H26ClN3O6. The first-order valence-corrected chi connectivity index (χ1v) is 13.7. The molecule has 10 heteroatoms. The van der Waals surface area contributed by atoms with Crippen molar-refractivity contribution in [3.05, 3.63) is 131 Å². The summed E-state index contributed by atoms with van der Waals surface area (Å²) in [6, 6.07) is 29.1. The molecule has 0 radical (unpaired) electrons. The van der Waals surface area contributed by atoms with Gasteiger partial charge in [0.15, 0.2) is 0 Å². The fourth-order valence-electron chi connectivity index (χ4n) is 4.23. The second-order valence-corrected chi connectivity index (χ2v) is 9.74. The molecule has 5 rings (SSSR count). The normalized spacial score (nSPS) is 12.7. The van der Waals surface area contributed by atoms with Crippen molar-refractivity contribution in [2.75, 3.05) is 22.1 Å². The van der Waals surface area contributed by atoms with Crippen molar-refractivity contribution < 1.29 is 28.7 Å². The van der Waals surface area contributed by atoms with Crippen LogP contribution in [0.4, 0.5) is 17.1 Å². The molecule has 2 N–H and O–H groups in total. The summed E-state index contributed by atoms with van der Waals surface area (Å²) in [5.74, 6) is -1.52. The van der Waals surface area contributed by atoms with Crippen LogP contribution < -0.4 is 20.3 Å². The van der Waals surface area contributed by atoms with Crippen molar-refractivity contribution in [3.63, 3.8) is 0 Å². The summed E-state index contributed by atoms with van der Waals surface area (Å²) in [4.78, 5) is 51.5. The van der Waals surface area contributed by atoms with Crippen LogP contribution in [-0.2, 0) is 20.9 Å². The van der Waals surface area contributed by atoms with Crippen LogP contribution in [0, 0.1) is 0 Å².